The lowest BCUT2D eigenvalue weighted by molar-refractivity contribution is -0.144. The molecule has 2 saturated heterocycles. The van der Waals surface area contributed by atoms with Gasteiger partial charge in [0.1, 0.15) is 0 Å². The number of benzene rings is 2. The number of halogens is 12. The first kappa shape index (κ1) is 41.1. The van der Waals surface area contributed by atoms with Gasteiger partial charge in [-0.3, -0.25) is 19.4 Å². The monoisotopic (exact) mass is 764 g/mol. The smallest absolute Gasteiger partial charge is 0.325 e. The van der Waals surface area contributed by atoms with Crippen molar-refractivity contribution in [1.29, 1.82) is 0 Å². The van der Waals surface area contributed by atoms with E-state index in [1.807, 2.05) is 0 Å². The Balaban J connectivity index is 1.36. The van der Waals surface area contributed by atoms with Crippen LogP contribution in [0.2, 0.25) is 0 Å². The van der Waals surface area contributed by atoms with Crippen LogP contribution < -0.4 is 10.6 Å². The Kier molecular flexibility index (Phi) is 13.1. The third kappa shape index (κ3) is 12.5. The number of nitrogens with one attached hydrogen (secondary N) is 2. The molecule has 0 spiro atoms. The van der Waals surface area contributed by atoms with Crippen LogP contribution in [0.4, 0.5) is 64.1 Å². The van der Waals surface area contributed by atoms with Crippen molar-refractivity contribution in [1.82, 2.24) is 19.6 Å². The molecule has 2 atom stereocenters. The molecule has 2 N–H and O–H groups in total. The summed E-state index contributed by atoms with van der Waals surface area (Å²) in [5.41, 5.74) is -7.48. The van der Waals surface area contributed by atoms with Crippen molar-refractivity contribution in [3.8, 4) is 0 Å². The highest BCUT2D eigenvalue weighted by atomic mass is 19.4. The highest BCUT2D eigenvalue weighted by Crippen LogP contribution is 2.39. The largest absolute Gasteiger partial charge is 0.416 e. The van der Waals surface area contributed by atoms with E-state index in [2.05, 4.69) is 20.4 Å². The zero-order valence-corrected chi connectivity index (χ0v) is 27.5. The zero-order valence-electron chi connectivity index (χ0n) is 27.5. The van der Waals surface area contributed by atoms with E-state index < -0.39 is 70.1 Å². The van der Waals surface area contributed by atoms with E-state index in [1.54, 1.807) is 9.80 Å². The van der Waals surface area contributed by atoms with Crippen LogP contribution in [0.1, 0.15) is 35.1 Å². The van der Waals surface area contributed by atoms with Crippen LogP contribution in [0.25, 0.3) is 0 Å². The van der Waals surface area contributed by atoms with Gasteiger partial charge in [0.15, 0.2) is 0 Å². The van der Waals surface area contributed by atoms with Gasteiger partial charge in [0.05, 0.1) is 35.3 Å². The van der Waals surface area contributed by atoms with Crippen molar-refractivity contribution >= 4 is 23.2 Å². The summed E-state index contributed by atoms with van der Waals surface area (Å²) < 4.78 is 159. The Morgan fingerprint density at radius 2 is 0.731 bits per heavy atom. The first-order chi connectivity index (χ1) is 24.1. The maximum Gasteiger partial charge on any atom is 0.416 e. The lowest BCUT2D eigenvalue weighted by atomic mass is 10.1. The highest BCUT2D eigenvalue weighted by molar-refractivity contribution is 5.93. The zero-order chi connectivity index (χ0) is 38.5. The number of nitrogens with zero attached hydrogens (tertiary/aromatic N) is 4. The molecular formula is C32H36F12N6O2. The molecule has 2 amide bonds. The van der Waals surface area contributed by atoms with Crippen LogP contribution in [0.15, 0.2) is 36.4 Å². The van der Waals surface area contributed by atoms with Gasteiger partial charge in [-0.1, -0.05) is 0 Å². The third-order valence-corrected chi connectivity index (χ3v) is 8.57. The Bertz CT molecular complexity index is 1370. The Morgan fingerprint density at radius 1 is 0.442 bits per heavy atom. The molecule has 2 aliphatic heterocycles. The SMILES string of the molecule is O=C(CN1CCCN2CCN(CCCN(CC(=O)Nc3cc(C(F)(F)F)cc(C(F)(F)F)c3)CC2)CC1)Nc1cc(C(F)(F)F)cc(C(F)(F)F)c1. The van der Waals surface area contributed by atoms with Crippen molar-refractivity contribution in [3.63, 3.8) is 0 Å². The van der Waals surface area contributed by atoms with Crippen LogP contribution in [0.3, 0.4) is 0 Å². The molecule has 0 radical (unpaired) electrons. The third-order valence-electron chi connectivity index (χ3n) is 8.57. The average molecular weight is 765 g/mol. The van der Waals surface area contributed by atoms with Crippen molar-refractivity contribution in [3.05, 3.63) is 58.7 Å². The Labute approximate surface area is 290 Å². The van der Waals surface area contributed by atoms with Crippen LogP contribution in [0, 0.1) is 0 Å². The van der Waals surface area contributed by atoms with Gasteiger partial charge in [0.25, 0.3) is 0 Å². The van der Waals surface area contributed by atoms with Gasteiger partial charge >= 0.3 is 24.7 Å². The minimum absolute atomic E-state index is 0.0274. The molecule has 2 heterocycles. The fourth-order valence-electron chi connectivity index (χ4n) is 5.96. The summed E-state index contributed by atoms with van der Waals surface area (Å²) in [6.07, 6.45) is -19.2. The van der Waals surface area contributed by atoms with Crippen molar-refractivity contribution < 1.29 is 62.3 Å². The van der Waals surface area contributed by atoms with E-state index >= 15 is 0 Å². The quantitative estimate of drug-likeness (QED) is 0.335. The molecule has 2 aliphatic rings. The fraction of sp³-hybridized carbons (Fsp3) is 0.562. The summed E-state index contributed by atoms with van der Waals surface area (Å²) in [4.78, 5) is 33.3. The molecule has 4 rings (SSSR count). The topological polar surface area (TPSA) is 71.2 Å². The number of anilines is 2. The molecule has 290 valence electrons. The average Bonchev–Trinajstić information content (AvgIpc) is 3.01. The maximum absolute atomic E-state index is 13.3. The molecule has 52 heavy (non-hydrogen) atoms. The molecule has 2 aromatic carbocycles. The second kappa shape index (κ2) is 16.6. The molecule has 0 aromatic heterocycles. The number of fused-ring (bicyclic) bond motifs is 3. The molecule has 0 saturated carbocycles. The predicted octanol–water partition coefficient (Wildman–Crippen LogP) is 6.35. The number of hydrogen-bond donors (Lipinski definition) is 2. The minimum atomic E-state index is -5.07. The molecule has 8 nitrogen and oxygen atoms in total. The molecule has 2 unspecified atom stereocenters. The number of carbonyl (C=O) groups excluding carboxylic acids is 2. The second-order valence-corrected chi connectivity index (χ2v) is 12.6. The fourth-order valence-corrected chi connectivity index (χ4v) is 5.96. The lowest BCUT2D eigenvalue weighted by Crippen LogP contribution is -2.48. The molecule has 20 heteroatoms. The van der Waals surface area contributed by atoms with Gasteiger partial charge in [0, 0.05) is 50.6 Å². The molecule has 2 bridgehead atoms. The van der Waals surface area contributed by atoms with Crippen molar-refractivity contribution in [2.24, 2.45) is 0 Å². The first-order valence-electron chi connectivity index (χ1n) is 16.1. The molecule has 2 fully saturated rings. The standard InChI is InChI=1S/C32H36F12N6O2/c33-29(34,35)21-13-22(30(36,37)38)16-25(15-21)45-27(51)19-49-5-1-3-47-7-8-48(10-11-49)4-2-6-50(12-9-47)20-28(52)46-26-17-23(31(39,40)41)14-24(18-26)32(42,43)44/h13-18H,1-12,19-20H2,(H,45,51)(H,46,52). The van der Waals surface area contributed by atoms with E-state index in [1.165, 1.54) is 0 Å². The first-order valence-corrected chi connectivity index (χ1v) is 16.1. The number of carbonyl (C=O) groups is 2. The van der Waals surface area contributed by atoms with Crippen LogP contribution in [-0.4, -0.2) is 110 Å². The predicted molar refractivity (Wildman–Crippen MR) is 165 cm³/mol. The lowest BCUT2D eigenvalue weighted by Gasteiger charge is -2.35. The van der Waals surface area contributed by atoms with E-state index in [9.17, 15) is 62.3 Å². The van der Waals surface area contributed by atoms with Crippen molar-refractivity contribution in [2.45, 2.75) is 37.5 Å². The van der Waals surface area contributed by atoms with Crippen LogP contribution >= 0.6 is 0 Å². The molecule has 2 aromatic rings. The number of amides is 2. The summed E-state index contributed by atoms with van der Waals surface area (Å²) in [7, 11) is 0. The van der Waals surface area contributed by atoms with Gasteiger partial charge in [-0.2, -0.15) is 52.7 Å². The Hall–Kier alpha value is -3.62. The summed E-state index contributed by atoms with van der Waals surface area (Å²) in [6.45, 7) is 4.13. The maximum atomic E-state index is 13.3. The normalized spacial score (nSPS) is 20.7. The van der Waals surface area contributed by atoms with E-state index in [-0.39, 0.29) is 25.2 Å². The summed E-state index contributed by atoms with van der Waals surface area (Å²) in [6, 6.07) is 1.71. The second-order valence-electron chi connectivity index (χ2n) is 12.6. The molecular weight excluding hydrogens is 728 g/mol. The van der Waals surface area contributed by atoms with E-state index in [0.29, 0.717) is 103 Å². The summed E-state index contributed by atoms with van der Waals surface area (Å²) in [5.74, 6) is -1.58. The summed E-state index contributed by atoms with van der Waals surface area (Å²) >= 11 is 0. The van der Waals surface area contributed by atoms with Gasteiger partial charge in [-0.15, -0.1) is 0 Å². The highest BCUT2D eigenvalue weighted by Gasteiger charge is 2.38. The van der Waals surface area contributed by atoms with Gasteiger partial charge in [-0.25, -0.2) is 0 Å². The minimum Gasteiger partial charge on any atom is -0.325 e. The van der Waals surface area contributed by atoms with Crippen molar-refractivity contribution in [2.75, 3.05) is 89.2 Å². The molecule has 0 aliphatic carbocycles. The summed E-state index contributed by atoms with van der Waals surface area (Å²) in [5, 5.41) is 4.33. The van der Waals surface area contributed by atoms with Gasteiger partial charge in [-0.05, 0) is 75.4 Å². The van der Waals surface area contributed by atoms with Gasteiger partial charge in [0.2, 0.25) is 11.8 Å². The number of alkyl halides is 12. The van der Waals surface area contributed by atoms with Crippen LogP contribution in [0.5, 0.6) is 0 Å². The van der Waals surface area contributed by atoms with Crippen LogP contribution in [-0.2, 0) is 34.3 Å². The van der Waals surface area contributed by atoms with E-state index in [0.717, 1.165) is 0 Å². The number of hydrogen-bond acceptors (Lipinski definition) is 6. The number of rotatable bonds is 6. The van der Waals surface area contributed by atoms with Gasteiger partial charge < -0.3 is 20.4 Å². The Morgan fingerprint density at radius 3 is 1.02 bits per heavy atom. The van der Waals surface area contributed by atoms with E-state index in [4.69, 9.17) is 0 Å².